The zero-order valence-corrected chi connectivity index (χ0v) is 12.7. The Morgan fingerprint density at radius 1 is 1.45 bits per heavy atom. The molecule has 0 saturated heterocycles. The topological polar surface area (TPSA) is 83.0 Å². The second kappa shape index (κ2) is 6.42. The van der Waals surface area contributed by atoms with Gasteiger partial charge in [-0.05, 0) is 31.0 Å². The van der Waals surface area contributed by atoms with Crippen LogP contribution in [0, 0.1) is 6.92 Å². The molecule has 0 radical (unpaired) electrons. The van der Waals surface area contributed by atoms with Crippen molar-refractivity contribution in [2.24, 2.45) is 5.10 Å². The van der Waals surface area contributed by atoms with Crippen LogP contribution in [0.4, 0.5) is 5.95 Å². The Morgan fingerprint density at radius 2 is 2.25 bits per heavy atom. The molecular weight excluding hydrogens is 322 g/mol. The van der Waals surface area contributed by atoms with Gasteiger partial charge < -0.3 is 0 Å². The third-order valence-electron chi connectivity index (χ3n) is 2.65. The Morgan fingerprint density at radius 3 is 2.90 bits per heavy atom. The molecule has 0 atom stereocenters. The maximum atomic E-state index is 11.4. The highest BCUT2D eigenvalue weighted by molar-refractivity contribution is 9.10. The molecule has 0 saturated carbocycles. The monoisotopic (exact) mass is 335 g/mol. The van der Waals surface area contributed by atoms with Crippen LogP contribution < -0.4 is 11.0 Å². The SMILES string of the molecule is CC/C(=N/Nc1nnc(C)c(=O)[nH]1)c1cccc(Br)c1. The highest BCUT2D eigenvalue weighted by Crippen LogP contribution is 2.13. The molecule has 0 fully saturated rings. The minimum atomic E-state index is -0.279. The Hall–Kier alpha value is -2.02. The fourth-order valence-corrected chi connectivity index (χ4v) is 1.98. The van der Waals surface area contributed by atoms with Crippen molar-refractivity contribution >= 4 is 27.6 Å². The molecule has 20 heavy (non-hydrogen) atoms. The van der Waals surface area contributed by atoms with E-state index in [1.165, 1.54) is 0 Å². The summed E-state index contributed by atoms with van der Waals surface area (Å²) < 4.78 is 0.986. The highest BCUT2D eigenvalue weighted by atomic mass is 79.9. The molecule has 2 aromatic rings. The lowest BCUT2D eigenvalue weighted by atomic mass is 10.1. The molecule has 104 valence electrons. The Balaban J connectivity index is 2.23. The van der Waals surface area contributed by atoms with Gasteiger partial charge in [-0.1, -0.05) is 35.0 Å². The molecule has 0 aliphatic carbocycles. The smallest absolute Gasteiger partial charge is 0.274 e. The molecule has 1 aromatic heterocycles. The third-order valence-corrected chi connectivity index (χ3v) is 3.14. The van der Waals surface area contributed by atoms with Crippen LogP contribution in [-0.4, -0.2) is 20.9 Å². The second-order valence-corrected chi connectivity index (χ2v) is 5.04. The molecule has 0 amide bonds. The van der Waals surface area contributed by atoms with Gasteiger partial charge in [-0.25, -0.2) is 5.43 Å². The summed E-state index contributed by atoms with van der Waals surface area (Å²) in [6, 6.07) is 7.84. The zero-order chi connectivity index (χ0) is 14.5. The average molecular weight is 336 g/mol. The number of rotatable bonds is 4. The van der Waals surface area contributed by atoms with Gasteiger partial charge in [-0.15, -0.1) is 10.2 Å². The molecule has 1 aromatic carbocycles. The van der Waals surface area contributed by atoms with Crippen molar-refractivity contribution in [1.29, 1.82) is 0 Å². The summed E-state index contributed by atoms with van der Waals surface area (Å²) in [6.45, 7) is 3.60. The first kappa shape index (κ1) is 14.4. The molecule has 0 aliphatic rings. The number of aryl methyl sites for hydroxylation is 1. The molecule has 6 nitrogen and oxygen atoms in total. The minimum absolute atomic E-state index is 0.224. The Bertz CT molecular complexity index is 695. The number of benzene rings is 1. The molecule has 7 heteroatoms. The van der Waals surface area contributed by atoms with E-state index in [0.29, 0.717) is 5.69 Å². The van der Waals surface area contributed by atoms with Crippen molar-refractivity contribution in [3.05, 3.63) is 50.3 Å². The van der Waals surface area contributed by atoms with Crippen LogP contribution in [0.25, 0.3) is 0 Å². The summed E-state index contributed by atoms with van der Waals surface area (Å²) in [5.74, 6) is 0.224. The van der Waals surface area contributed by atoms with Crippen LogP contribution in [0.15, 0.2) is 38.6 Å². The molecular formula is C13H14BrN5O. The number of hydrogen-bond acceptors (Lipinski definition) is 5. The van der Waals surface area contributed by atoms with Crippen LogP contribution >= 0.6 is 15.9 Å². The van der Waals surface area contributed by atoms with E-state index in [0.717, 1.165) is 22.2 Å². The fraction of sp³-hybridized carbons (Fsp3) is 0.231. The van der Waals surface area contributed by atoms with E-state index in [2.05, 4.69) is 41.6 Å². The second-order valence-electron chi connectivity index (χ2n) is 4.12. The first-order valence-electron chi connectivity index (χ1n) is 6.12. The minimum Gasteiger partial charge on any atom is -0.288 e. The summed E-state index contributed by atoms with van der Waals surface area (Å²) >= 11 is 3.43. The van der Waals surface area contributed by atoms with E-state index in [9.17, 15) is 4.79 Å². The van der Waals surface area contributed by atoms with E-state index in [4.69, 9.17) is 0 Å². The number of anilines is 1. The lowest BCUT2D eigenvalue weighted by molar-refractivity contribution is 0.896. The predicted octanol–water partition coefficient (Wildman–Crippen LogP) is 2.46. The van der Waals surface area contributed by atoms with Crippen LogP contribution in [0.2, 0.25) is 0 Å². The normalized spacial score (nSPS) is 11.4. The Kier molecular flexibility index (Phi) is 4.62. The number of nitrogens with zero attached hydrogens (tertiary/aromatic N) is 3. The number of aromatic amines is 1. The molecule has 2 rings (SSSR count). The van der Waals surface area contributed by atoms with Crippen molar-refractivity contribution in [2.75, 3.05) is 5.43 Å². The van der Waals surface area contributed by atoms with Gasteiger partial charge in [-0.2, -0.15) is 5.10 Å². The van der Waals surface area contributed by atoms with Gasteiger partial charge in [0, 0.05) is 4.47 Å². The van der Waals surface area contributed by atoms with E-state index in [1.807, 2.05) is 31.2 Å². The van der Waals surface area contributed by atoms with Gasteiger partial charge >= 0.3 is 0 Å². The summed E-state index contributed by atoms with van der Waals surface area (Å²) in [7, 11) is 0. The molecule has 2 N–H and O–H groups in total. The van der Waals surface area contributed by atoms with Crippen LogP contribution in [0.5, 0.6) is 0 Å². The number of hydrazone groups is 1. The van der Waals surface area contributed by atoms with Gasteiger partial charge in [0.2, 0.25) is 5.95 Å². The summed E-state index contributed by atoms with van der Waals surface area (Å²) in [5.41, 5.74) is 4.62. The van der Waals surface area contributed by atoms with Gasteiger partial charge in [0.05, 0.1) is 5.71 Å². The quantitative estimate of drug-likeness (QED) is 0.664. The number of nitrogens with one attached hydrogen (secondary N) is 2. The highest BCUT2D eigenvalue weighted by Gasteiger charge is 2.03. The largest absolute Gasteiger partial charge is 0.288 e. The first-order valence-corrected chi connectivity index (χ1v) is 6.91. The third kappa shape index (κ3) is 3.51. The van der Waals surface area contributed by atoms with E-state index in [-0.39, 0.29) is 11.5 Å². The van der Waals surface area contributed by atoms with E-state index in [1.54, 1.807) is 6.92 Å². The molecule has 1 heterocycles. The van der Waals surface area contributed by atoms with Crippen LogP contribution in [0.1, 0.15) is 24.6 Å². The predicted molar refractivity (Wildman–Crippen MR) is 82.0 cm³/mol. The number of halogens is 1. The molecule has 0 spiro atoms. The van der Waals surface area contributed by atoms with E-state index >= 15 is 0 Å². The maximum Gasteiger partial charge on any atom is 0.274 e. The van der Waals surface area contributed by atoms with Crippen molar-refractivity contribution < 1.29 is 0 Å². The standard InChI is InChI=1S/C13H14BrN5O/c1-3-11(9-5-4-6-10(14)7-9)17-19-13-15-12(20)8(2)16-18-13/h4-7H,3H2,1-2H3,(H2,15,18,19,20)/b17-11-. The van der Waals surface area contributed by atoms with Gasteiger partial charge in [0.15, 0.2) is 0 Å². The average Bonchev–Trinajstić information content (AvgIpc) is 2.43. The van der Waals surface area contributed by atoms with Crippen LogP contribution in [0.3, 0.4) is 0 Å². The molecule has 0 aliphatic heterocycles. The number of hydrogen-bond donors (Lipinski definition) is 2. The first-order chi connectivity index (χ1) is 9.60. The zero-order valence-electron chi connectivity index (χ0n) is 11.1. The maximum absolute atomic E-state index is 11.4. The van der Waals surface area contributed by atoms with Crippen molar-refractivity contribution in [1.82, 2.24) is 15.2 Å². The van der Waals surface area contributed by atoms with Crippen molar-refractivity contribution in [2.45, 2.75) is 20.3 Å². The van der Waals surface area contributed by atoms with Crippen molar-refractivity contribution in [3.8, 4) is 0 Å². The van der Waals surface area contributed by atoms with E-state index < -0.39 is 0 Å². The lowest BCUT2D eigenvalue weighted by Gasteiger charge is -2.05. The molecule has 0 unspecified atom stereocenters. The fourth-order valence-electron chi connectivity index (χ4n) is 1.58. The van der Waals surface area contributed by atoms with Crippen LogP contribution in [-0.2, 0) is 0 Å². The summed E-state index contributed by atoms with van der Waals surface area (Å²) in [5, 5.41) is 11.8. The van der Waals surface area contributed by atoms with Gasteiger partial charge in [0.25, 0.3) is 5.56 Å². The van der Waals surface area contributed by atoms with Crippen molar-refractivity contribution in [3.63, 3.8) is 0 Å². The molecule has 0 bridgehead atoms. The Labute approximate surface area is 124 Å². The summed E-state index contributed by atoms with van der Waals surface area (Å²) in [4.78, 5) is 14.0. The number of aromatic nitrogens is 3. The lowest BCUT2D eigenvalue weighted by Crippen LogP contribution is -2.16. The van der Waals surface area contributed by atoms with Gasteiger partial charge in [0.1, 0.15) is 5.69 Å². The number of H-pyrrole nitrogens is 1. The summed E-state index contributed by atoms with van der Waals surface area (Å²) in [6.07, 6.45) is 0.743. The van der Waals surface area contributed by atoms with Gasteiger partial charge in [-0.3, -0.25) is 9.78 Å².